The van der Waals surface area contributed by atoms with E-state index in [1.165, 1.54) is 5.69 Å². The number of piperidine rings is 1. The van der Waals surface area contributed by atoms with Gasteiger partial charge in [-0.2, -0.15) is 5.10 Å². The molecule has 0 atom stereocenters. The summed E-state index contributed by atoms with van der Waals surface area (Å²) in [5.41, 5.74) is 9.29. The van der Waals surface area contributed by atoms with Crippen LogP contribution in [0.2, 0.25) is 5.02 Å². The first kappa shape index (κ1) is 13.5. The second-order valence-corrected chi connectivity index (χ2v) is 5.77. The van der Waals surface area contributed by atoms with Crippen LogP contribution in [0, 0.1) is 6.92 Å². The van der Waals surface area contributed by atoms with Crippen LogP contribution in [0.5, 0.6) is 0 Å². The normalized spacial score (nSPS) is 16.6. The van der Waals surface area contributed by atoms with E-state index in [0.717, 1.165) is 42.3 Å². The second-order valence-electron chi connectivity index (χ2n) is 5.33. The molecule has 1 aromatic carbocycles. The Balaban J connectivity index is 1.89. The van der Waals surface area contributed by atoms with Gasteiger partial charge in [-0.15, -0.1) is 0 Å². The van der Waals surface area contributed by atoms with Gasteiger partial charge in [0, 0.05) is 24.2 Å². The molecule has 0 unspecified atom stereocenters. The molecule has 1 fully saturated rings. The van der Waals surface area contributed by atoms with Crippen LogP contribution in [0.4, 0.5) is 5.69 Å². The van der Waals surface area contributed by atoms with Crippen LogP contribution < -0.4 is 10.6 Å². The van der Waals surface area contributed by atoms with Crippen molar-refractivity contribution in [3.63, 3.8) is 0 Å². The molecule has 20 heavy (non-hydrogen) atoms. The molecule has 3 rings (SSSR count). The third-order valence-electron chi connectivity index (χ3n) is 3.92. The largest absolute Gasteiger partial charge is 0.369 e. The summed E-state index contributed by atoms with van der Waals surface area (Å²) in [7, 11) is 0. The first-order valence-electron chi connectivity index (χ1n) is 6.96. The van der Waals surface area contributed by atoms with E-state index in [1.807, 2.05) is 35.1 Å². The Morgan fingerprint density at radius 3 is 2.75 bits per heavy atom. The van der Waals surface area contributed by atoms with Crippen molar-refractivity contribution in [2.75, 3.05) is 18.0 Å². The molecule has 4 nitrogen and oxygen atoms in total. The van der Waals surface area contributed by atoms with Gasteiger partial charge in [-0.3, -0.25) is 0 Å². The van der Waals surface area contributed by atoms with E-state index in [2.05, 4.69) is 16.9 Å². The van der Waals surface area contributed by atoms with Gasteiger partial charge in [0.25, 0.3) is 0 Å². The molecule has 0 aliphatic carbocycles. The Hall–Kier alpha value is -1.52. The van der Waals surface area contributed by atoms with Gasteiger partial charge in [0.1, 0.15) is 0 Å². The molecule has 0 bridgehead atoms. The zero-order chi connectivity index (χ0) is 14.1. The molecule has 1 aromatic heterocycles. The maximum Gasteiger partial charge on any atom is 0.0787 e. The second kappa shape index (κ2) is 5.46. The monoisotopic (exact) mass is 290 g/mol. The molecule has 1 aliphatic rings. The van der Waals surface area contributed by atoms with Crippen LogP contribution in [-0.2, 0) is 0 Å². The van der Waals surface area contributed by atoms with Gasteiger partial charge in [0.2, 0.25) is 0 Å². The summed E-state index contributed by atoms with van der Waals surface area (Å²) in [6, 6.07) is 8.10. The Kier molecular flexibility index (Phi) is 3.68. The van der Waals surface area contributed by atoms with Crippen molar-refractivity contribution in [1.82, 2.24) is 9.78 Å². The fraction of sp³-hybridized carbons (Fsp3) is 0.400. The van der Waals surface area contributed by atoms with Crippen molar-refractivity contribution < 1.29 is 0 Å². The highest BCUT2D eigenvalue weighted by molar-refractivity contribution is 6.30. The van der Waals surface area contributed by atoms with Gasteiger partial charge in [0.15, 0.2) is 0 Å². The minimum Gasteiger partial charge on any atom is -0.369 e. The third kappa shape index (κ3) is 2.53. The van der Waals surface area contributed by atoms with E-state index >= 15 is 0 Å². The van der Waals surface area contributed by atoms with E-state index in [-0.39, 0.29) is 0 Å². The molecule has 2 aromatic rings. The average molecular weight is 291 g/mol. The quantitative estimate of drug-likeness (QED) is 0.925. The van der Waals surface area contributed by atoms with Crippen LogP contribution in [0.15, 0.2) is 30.5 Å². The summed E-state index contributed by atoms with van der Waals surface area (Å²) in [5.74, 6) is 0. The van der Waals surface area contributed by atoms with Crippen LogP contribution in [0.3, 0.4) is 0 Å². The van der Waals surface area contributed by atoms with Crippen molar-refractivity contribution in [3.8, 4) is 5.69 Å². The van der Waals surface area contributed by atoms with E-state index in [9.17, 15) is 0 Å². The van der Waals surface area contributed by atoms with Gasteiger partial charge in [-0.05, 0) is 38.0 Å². The summed E-state index contributed by atoms with van der Waals surface area (Å²) >= 11 is 6.05. The first-order valence-corrected chi connectivity index (χ1v) is 7.34. The number of hydrogen-bond donors (Lipinski definition) is 1. The molecule has 1 saturated heterocycles. The minimum absolute atomic E-state index is 0.342. The standard InChI is InChI=1S/C15H19ClN4/c1-11-15(19-7-5-13(17)6-8-19)10-18-20(11)14-4-2-3-12(16)9-14/h2-4,9-10,13H,5-8,17H2,1H3. The Bertz CT molecular complexity index is 600. The number of aromatic nitrogens is 2. The maximum absolute atomic E-state index is 6.05. The van der Waals surface area contributed by atoms with E-state index in [0.29, 0.717) is 6.04 Å². The van der Waals surface area contributed by atoms with Crippen molar-refractivity contribution in [2.45, 2.75) is 25.8 Å². The fourth-order valence-corrected chi connectivity index (χ4v) is 2.90. The number of nitrogens with zero attached hydrogens (tertiary/aromatic N) is 3. The van der Waals surface area contributed by atoms with Crippen LogP contribution in [0.25, 0.3) is 5.69 Å². The summed E-state index contributed by atoms with van der Waals surface area (Å²) in [5, 5.41) is 5.23. The van der Waals surface area contributed by atoms with Gasteiger partial charge in [-0.1, -0.05) is 17.7 Å². The van der Waals surface area contributed by atoms with Crippen LogP contribution >= 0.6 is 11.6 Å². The molecule has 2 N–H and O–H groups in total. The molecule has 0 spiro atoms. The predicted molar refractivity (Wildman–Crippen MR) is 82.7 cm³/mol. The summed E-state index contributed by atoms with van der Waals surface area (Å²) < 4.78 is 1.94. The highest BCUT2D eigenvalue weighted by Crippen LogP contribution is 2.26. The number of nitrogens with two attached hydrogens (primary N) is 1. The van der Waals surface area contributed by atoms with Gasteiger partial charge < -0.3 is 10.6 Å². The van der Waals surface area contributed by atoms with Crippen LogP contribution in [0.1, 0.15) is 18.5 Å². The van der Waals surface area contributed by atoms with Gasteiger partial charge >= 0.3 is 0 Å². The van der Waals surface area contributed by atoms with Crippen molar-refractivity contribution >= 4 is 17.3 Å². The summed E-state index contributed by atoms with van der Waals surface area (Å²) in [6.07, 6.45) is 4.02. The minimum atomic E-state index is 0.342. The number of rotatable bonds is 2. The molecule has 0 radical (unpaired) electrons. The lowest BCUT2D eigenvalue weighted by atomic mass is 10.1. The molecule has 1 aliphatic heterocycles. The number of hydrogen-bond acceptors (Lipinski definition) is 3. The molecule has 0 saturated carbocycles. The smallest absolute Gasteiger partial charge is 0.0787 e. The Morgan fingerprint density at radius 2 is 2.05 bits per heavy atom. The topological polar surface area (TPSA) is 47.1 Å². The lowest BCUT2D eigenvalue weighted by Crippen LogP contribution is -2.39. The summed E-state index contributed by atoms with van der Waals surface area (Å²) in [6.45, 7) is 4.10. The van der Waals surface area contributed by atoms with E-state index in [1.54, 1.807) is 0 Å². The fourth-order valence-electron chi connectivity index (χ4n) is 2.72. The van der Waals surface area contributed by atoms with Crippen molar-refractivity contribution in [2.24, 2.45) is 5.73 Å². The zero-order valence-electron chi connectivity index (χ0n) is 11.6. The van der Waals surface area contributed by atoms with Crippen LogP contribution in [-0.4, -0.2) is 28.9 Å². The Morgan fingerprint density at radius 1 is 1.30 bits per heavy atom. The zero-order valence-corrected chi connectivity index (χ0v) is 12.3. The molecular formula is C15H19ClN4. The van der Waals surface area contributed by atoms with E-state index < -0.39 is 0 Å². The lowest BCUT2D eigenvalue weighted by Gasteiger charge is -2.31. The van der Waals surface area contributed by atoms with Crippen molar-refractivity contribution in [3.05, 3.63) is 41.2 Å². The Labute approximate surface area is 124 Å². The molecule has 5 heteroatoms. The molecule has 2 heterocycles. The average Bonchev–Trinajstić information content (AvgIpc) is 2.82. The predicted octanol–water partition coefficient (Wildman–Crippen LogP) is 2.76. The number of anilines is 1. The highest BCUT2D eigenvalue weighted by atomic mass is 35.5. The maximum atomic E-state index is 6.05. The third-order valence-corrected chi connectivity index (χ3v) is 4.15. The van der Waals surface area contributed by atoms with Gasteiger partial charge in [-0.25, -0.2) is 4.68 Å². The first-order chi connectivity index (χ1) is 9.65. The molecular weight excluding hydrogens is 272 g/mol. The number of benzene rings is 1. The molecule has 106 valence electrons. The number of halogens is 1. The summed E-state index contributed by atoms with van der Waals surface area (Å²) in [4.78, 5) is 2.37. The van der Waals surface area contributed by atoms with Crippen molar-refractivity contribution in [1.29, 1.82) is 0 Å². The van der Waals surface area contributed by atoms with Gasteiger partial charge in [0.05, 0.1) is 23.3 Å². The highest BCUT2D eigenvalue weighted by Gasteiger charge is 2.20. The SMILES string of the molecule is Cc1c(N2CCC(N)CC2)cnn1-c1cccc(Cl)c1. The lowest BCUT2D eigenvalue weighted by molar-refractivity contribution is 0.501. The molecule has 0 amide bonds. The van der Waals surface area contributed by atoms with E-state index in [4.69, 9.17) is 17.3 Å².